The summed E-state index contributed by atoms with van der Waals surface area (Å²) in [5.41, 5.74) is 26.4. The van der Waals surface area contributed by atoms with Crippen LogP contribution in [0.1, 0.15) is 89.5 Å². The van der Waals surface area contributed by atoms with E-state index in [0.29, 0.717) is 30.2 Å². The average molecular weight is 913 g/mol. The molecule has 6 aromatic carbocycles. The summed E-state index contributed by atoms with van der Waals surface area (Å²) in [6, 6.07) is 36.5. The molecule has 0 aliphatic carbocycles. The van der Waals surface area contributed by atoms with Crippen molar-refractivity contribution in [2.24, 2.45) is 4.99 Å². The fourth-order valence-electron chi connectivity index (χ4n) is 8.41. The predicted molar refractivity (Wildman–Crippen MR) is 275 cm³/mol. The van der Waals surface area contributed by atoms with Crippen molar-refractivity contribution in [1.82, 2.24) is 9.97 Å². The fraction of sp³-hybridized carbons (Fsp3) is 0.321. The van der Waals surface area contributed by atoms with Gasteiger partial charge in [0.25, 0.3) is 0 Å². The number of carbonyl (C=O) groups is 1. The number of nitrogens with zero attached hydrogens (tertiary/aromatic N) is 6. The molecule has 1 amide bonds. The maximum absolute atomic E-state index is 14.1. The van der Waals surface area contributed by atoms with Crippen molar-refractivity contribution < 1.29 is 28.1 Å². The number of hydrogen-bond donors (Lipinski definition) is 2. The van der Waals surface area contributed by atoms with Crippen molar-refractivity contribution in [3.63, 3.8) is 0 Å². The highest BCUT2D eigenvalue weighted by Crippen LogP contribution is 2.31. The second-order valence-corrected chi connectivity index (χ2v) is 19.7. The summed E-state index contributed by atoms with van der Waals surface area (Å²) in [7, 11) is 0. The number of nitrogens with two attached hydrogens (primary N) is 2. The number of hydrogen-bond acceptors (Lipinski definition) is 9. The zero-order chi connectivity index (χ0) is 48.5. The molecule has 0 saturated heterocycles. The number of fused-ring (bicyclic) bond motifs is 4. The van der Waals surface area contributed by atoms with E-state index in [9.17, 15) is 4.79 Å². The first-order chi connectivity index (χ1) is 32.3. The third kappa shape index (κ3) is 10.4. The Kier molecular flexibility index (Phi) is 13.3. The lowest BCUT2D eigenvalue weighted by atomic mass is 10.1. The van der Waals surface area contributed by atoms with Gasteiger partial charge in [-0.05, 0) is 129 Å². The highest BCUT2D eigenvalue weighted by atomic mass is 16.7. The van der Waals surface area contributed by atoms with Crippen molar-refractivity contribution in [3.05, 3.63) is 131 Å². The van der Waals surface area contributed by atoms with Crippen molar-refractivity contribution in [2.45, 2.75) is 106 Å². The molecule has 0 spiro atoms. The maximum atomic E-state index is 14.1. The molecular weight excluding hydrogens is 849 g/mol. The Morgan fingerprint density at radius 2 is 1.03 bits per heavy atom. The van der Waals surface area contributed by atoms with Crippen LogP contribution in [0.5, 0.6) is 5.75 Å². The highest BCUT2D eigenvalue weighted by Gasteiger charge is 2.29. The fourth-order valence-corrected chi connectivity index (χ4v) is 8.41. The number of aryl methyl sites for hydroxylation is 4. The van der Waals surface area contributed by atoms with E-state index in [-0.39, 0.29) is 6.08 Å². The molecule has 2 aromatic heterocycles. The van der Waals surface area contributed by atoms with Crippen LogP contribution in [-0.2, 0) is 9.47 Å². The number of nitrogen functional groups attached to an aromatic ring is 2. The van der Waals surface area contributed by atoms with E-state index < -0.39 is 17.3 Å². The molecule has 0 aliphatic heterocycles. The van der Waals surface area contributed by atoms with E-state index in [4.69, 9.17) is 40.6 Å². The number of aliphatic imine (C=N–C) groups is 1. The molecule has 68 heavy (non-hydrogen) atoms. The predicted octanol–water partition coefficient (Wildman–Crippen LogP) is 11.6. The van der Waals surface area contributed by atoms with Gasteiger partial charge >= 0.3 is 12.2 Å². The normalized spacial score (nSPS) is 12.3. The topological polar surface area (TPSA) is 146 Å². The average Bonchev–Trinajstić information content (AvgIpc) is 3.27. The van der Waals surface area contributed by atoms with Gasteiger partial charge in [-0.3, -0.25) is 4.90 Å². The number of unbranched alkanes of at least 4 members (excludes halogenated alkanes) is 3. The molecule has 350 valence electrons. The van der Waals surface area contributed by atoms with Gasteiger partial charge in [0, 0.05) is 66.9 Å². The quantitative estimate of drug-likeness (QED) is 0.0326. The lowest BCUT2D eigenvalue weighted by Gasteiger charge is -2.28. The number of aromatic nitrogens is 4. The molecule has 0 unspecified atom stereocenters. The van der Waals surface area contributed by atoms with E-state index in [2.05, 4.69) is 45.5 Å². The Morgan fingerprint density at radius 1 is 0.574 bits per heavy atom. The molecule has 8 rings (SSSR count). The molecule has 0 atom stereocenters. The summed E-state index contributed by atoms with van der Waals surface area (Å²) < 4.78 is 23.3. The van der Waals surface area contributed by atoms with Crippen LogP contribution in [0.3, 0.4) is 0 Å². The summed E-state index contributed by atoms with van der Waals surface area (Å²) >= 11 is 0. The first kappa shape index (κ1) is 47.2. The summed E-state index contributed by atoms with van der Waals surface area (Å²) in [5.74, 6) is 0.620. The van der Waals surface area contributed by atoms with Crippen molar-refractivity contribution in [2.75, 3.05) is 29.5 Å². The molecule has 12 heteroatoms. The maximum Gasteiger partial charge on any atom is 0.414 e. The van der Waals surface area contributed by atoms with Crippen molar-refractivity contribution >= 4 is 73.4 Å². The van der Waals surface area contributed by atoms with Crippen LogP contribution in [0.4, 0.5) is 21.9 Å². The van der Waals surface area contributed by atoms with Gasteiger partial charge in [-0.15, -0.1) is 9.13 Å². The monoisotopic (exact) mass is 913 g/mol. The van der Waals surface area contributed by atoms with Gasteiger partial charge in [0.05, 0.1) is 11.8 Å². The van der Waals surface area contributed by atoms with Crippen LogP contribution in [0, 0.1) is 27.7 Å². The number of anilines is 3. The van der Waals surface area contributed by atoms with E-state index in [1.165, 1.54) is 0 Å². The van der Waals surface area contributed by atoms with E-state index in [1.54, 1.807) is 4.90 Å². The van der Waals surface area contributed by atoms with Gasteiger partial charge in [0.1, 0.15) is 39.0 Å². The molecule has 0 aliphatic rings. The number of para-hydroxylation sites is 2. The number of benzene rings is 6. The van der Waals surface area contributed by atoms with Crippen LogP contribution in [-0.4, -0.2) is 46.4 Å². The summed E-state index contributed by atoms with van der Waals surface area (Å²) in [6.45, 7) is 20.6. The largest absolute Gasteiger partial charge is 0.445 e. The molecule has 0 saturated carbocycles. The minimum Gasteiger partial charge on any atom is -0.445 e. The zero-order valence-corrected chi connectivity index (χ0v) is 41.1. The summed E-state index contributed by atoms with van der Waals surface area (Å²) in [6.07, 6.45) is 3.09. The Hall–Kier alpha value is -7.34. The van der Waals surface area contributed by atoms with Gasteiger partial charge in [-0.25, -0.2) is 19.8 Å². The third-order valence-electron chi connectivity index (χ3n) is 11.8. The van der Waals surface area contributed by atoms with Crippen LogP contribution < -0.4 is 30.2 Å². The Bertz CT molecular complexity index is 3210. The first-order valence-corrected chi connectivity index (χ1v) is 23.5. The van der Waals surface area contributed by atoms with Gasteiger partial charge in [-0.2, -0.15) is 0 Å². The molecular formula is C56H64N8O4+2. The van der Waals surface area contributed by atoms with E-state index in [0.717, 1.165) is 109 Å². The lowest BCUT2D eigenvalue weighted by Crippen LogP contribution is -2.38. The molecule has 0 fully saturated rings. The second-order valence-electron chi connectivity index (χ2n) is 19.7. The zero-order valence-electron chi connectivity index (χ0n) is 41.1. The van der Waals surface area contributed by atoms with Crippen LogP contribution in [0.2, 0.25) is 0 Å². The SMILES string of the molecule is Cc1cc2nc3cc(C)c(OC(=NCCCCCCN(C(=O)OC(C)(C)C)c4cc5c(cc4C)nc4cc(C)c(N)cc4[n+]5-c4ccccc4)OC(C)(C)C)cc3[n+](-c3ccccc3)c2cc1N. The lowest BCUT2D eigenvalue weighted by molar-refractivity contribution is -0.538. The number of ether oxygens (including phenoxy) is 3. The minimum absolute atomic E-state index is 0.204. The Morgan fingerprint density at radius 3 is 1.54 bits per heavy atom. The molecule has 2 heterocycles. The van der Waals surface area contributed by atoms with E-state index >= 15 is 0 Å². The van der Waals surface area contributed by atoms with Crippen LogP contribution in [0.25, 0.3) is 55.5 Å². The molecule has 8 aromatic rings. The molecule has 0 bridgehead atoms. The first-order valence-electron chi connectivity index (χ1n) is 23.5. The summed E-state index contributed by atoms with van der Waals surface area (Å²) in [4.78, 5) is 30.9. The van der Waals surface area contributed by atoms with Gasteiger partial charge < -0.3 is 25.7 Å². The molecule has 12 nitrogen and oxygen atoms in total. The molecule has 4 N–H and O–H groups in total. The third-order valence-corrected chi connectivity index (χ3v) is 11.8. The number of amides is 1. The van der Waals surface area contributed by atoms with Gasteiger partial charge in [0.2, 0.25) is 33.4 Å². The minimum atomic E-state index is -0.683. The number of rotatable bonds is 11. The smallest absolute Gasteiger partial charge is 0.414 e. The molecule has 0 radical (unpaired) electrons. The van der Waals surface area contributed by atoms with Crippen LogP contribution in [0.15, 0.2) is 114 Å². The Balaban J connectivity index is 1.02. The number of carbonyl (C=O) groups excluding carboxylic acids is 1. The second kappa shape index (κ2) is 19.1. The van der Waals surface area contributed by atoms with Crippen LogP contribution >= 0.6 is 0 Å². The summed E-state index contributed by atoms with van der Waals surface area (Å²) in [5, 5.41) is 0. The van der Waals surface area contributed by atoms with Crippen molar-refractivity contribution in [3.8, 4) is 17.1 Å². The van der Waals surface area contributed by atoms with Gasteiger partial charge in [0.15, 0.2) is 0 Å². The Labute approximate surface area is 399 Å². The standard InChI is InChI=1S/C56H62N8O4/c1-35-27-43-48(31-41(35)57)63(39-21-15-13-16-22-39)50-33-47(37(3)29-45(50)60-43)62(54(65)68-56(8,9)10)26-20-12-11-19-25-59-53(67-55(5,6)7)66-52-34-51-46(30-38(52)4)61-44-28-36(2)42(58)32-49(44)64(51)40-23-17-14-18-24-40/h13-18,21-24,27-34,57-58H,11-12,19-20,25-26H2,1-10H3/p+2. The van der Waals surface area contributed by atoms with Gasteiger partial charge in [-0.1, -0.05) is 49.2 Å². The van der Waals surface area contributed by atoms with Crippen molar-refractivity contribution in [1.29, 1.82) is 0 Å². The van der Waals surface area contributed by atoms with E-state index in [1.807, 2.05) is 142 Å². The highest BCUT2D eigenvalue weighted by molar-refractivity contribution is 5.94.